The number of rotatable bonds is 8. The standard InChI is InChI=1S/C24H28N4O5/c1-27-23-18(14-25-27)24(31)28-10-6-7-16(22(28)26-23)11-15-12-19(32-2)17(20(13-15)33-3)8-4-5-9-21(29)30/h11-14H,4-10H2,1-3H3,(H,29,30)/b16-11+. The number of carboxylic acid groups (broad SMARTS) is 1. The van der Waals surface area contributed by atoms with Crippen LogP contribution in [0.4, 0.5) is 0 Å². The fourth-order valence-electron chi connectivity index (χ4n) is 4.36. The van der Waals surface area contributed by atoms with E-state index < -0.39 is 5.97 Å². The number of unbranched alkanes of at least 4 members (excludes halogenated alkanes) is 1. The molecule has 174 valence electrons. The predicted molar refractivity (Wildman–Crippen MR) is 125 cm³/mol. The first-order valence-corrected chi connectivity index (χ1v) is 11.0. The second kappa shape index (κ2) is 9.48. The van der Waals surface area contributed by atoms with Crippen molar-refractivity contribution in [2.24, 2.45) is 7.05 Å². The van der Waals surface area contributed by atoms with E-state index in [2.05, 4.69) is 5.10 Å². The van der Waals surface area contributed by atoms with Crippen molar-refractivity contribution in [3.8, 4) is 11.5 Å². The van der Waals surface area contributed by atoms with Crippen LogP contribution in [0.1, 0.15) is 49.1 Å². The van der Waals surface area contributed by atoms with Gasteiger partial charge in [0.15, 0.2) is 5.65 Å². The number of nitrogens with zero attached hydrogens (tertiary/aromatic N) is 4. The first-order valence-electron chi connectivity index (χ1n) is 11.0. The van der Waals surface area contributed by atoms with E-state index in [9.17, 15) is 9.59 Å². The lowest BCUT2D eigenvalue weighted by Gasteiger charge is -2.21. The maximum absolute atomic E-state index is 13.0. The van der Waals surface area contributed by atoms with E-state index in [-0.39, 0.29) is 12.0 Å². The Labute approximate surface area is 191 Å². The molecule has 0 bridgehead atoms. The van der Waals surface area contributed by atoms with Crippen LogP contribution in [0.2, 0.25) is 0 Å². The molecule has 33 heavy (non-hydrogen) atoms. The van der Waals surface area contributed by atoms with Crippen molar-refractivity contribution < 1.29 is 19.4 Å². The molecule has 9 nitrogen and oxygen atoms in total. The normalized spacial score (nSPS) is 14.5. The van der Waals surface area contributed by atoms with Crippen LogP contribution >= 0.6 is 0 Å². The lowest BCUT2D eigenvalue weighted by Crippen LogP contribution is -2.27. The highest BCUT2D eigenvalue weighted by atomic mass is 16.5. The first-order chi connectivity index (χ1) is 15.9. The largest absolute Gasteiger partial charge is 0.496 e. The van der Waals surface area contributed by atoms with E-state index >= 15 is 0 Å². The van der Waals surface area contributed by atoms with Gasteiger partial charge in [-0.05, 0) is 61.4 Å². The Kier molecular flexibility index (Phi) is 6.48. The molecule has 9 heteroatoms. The number of ether oxygens (including phenoxy) is 2. The Hall–Kier alpha value is -3.62. The number of hydrogen-bond donors (Lipinski definition) is 1. The second-order valence-electron chi connectivity index (χ2n) is 8.18. The average molecular weight is 453 g/mol. The summed E-state index contributed by atoms with van der Waals surface area (Å²) < 4.78 is 14.6. The van der Waals surface area contributed by atoms with Gasteiger partial charge in [0.25, 0.3) is 5.56 Å². The van der Waals surface area contributed by atoms with Crippen molar-refractivity contribution >= 4 is 28.7 Å². The van der Waals surface area contributed by atoms with Crippen LogP contribution in [0.25, 0.3) is 22.7 Å². The fourth-order valence-corrected chi connectivity index (χ4v) is 4.36. The van der Waals surface area contributed by atoms with Crippen molar-refractivity contribution in [1.82, 2.24) is 19.3 Å². The zero-order valence-electron chi connectivity index (χ0n) is 19.1. The number of hydrogen-bond acceptors (Lipinski definition) is 6. The molecule has 1 N–H and O–H groups in total. The molecule has 3 aromatic rings. The number of aryl methyl sites for hydroxylation is 1. The van der Waals surface area contributed by atoms with Gasteiger partial charge in [-0.25, -0.2) is 4.98 Å². The predicted octanol–water partition coefficient (Wildman–Crippen LogP) is 3.28. The van der Waals surface area contributed by atoms with E-state index in [1.165, 1.54) is 0 Å². The molecule has 0 unspecified atom stereocenters. The molecule has 2 aromatic heterocycles. The minimum atomic E-state index is -0.792. The number of benzene rings is 1. The maximum atomic E-state index is 13.0. The lowest BCUT2D eigenvalue weighted by atomic mass is 9.98. The van der Waals surface area contributed by atoms with Gasteiger partial charge in [-0.1, -0.05) is 0 Å². The third-order valence-corrected chi connectivity index (χ3v) is 6.00. The molecule has 0 saturated heterocycles. The summed E-state index contributed by atoms with van der Waals surface area (Å²) in [7, 11) is 5.01. The van der Waals surface area contributed by atoms with Crippen molar-refractivity contribution in [3.05, 3.63) is 45.6 Å². The van der Waals surface area contributed by atoms with Gasteiger partial charge in [0.1, 0.15) is 22.7 Å². The third kappa shape index (κ3) is 4.48. The van der Waals surface area contributed by atoms with Crippen LogP contribution in [0.3, 0.4) is 0 Å². The van der Waals surface area contributed by atoms with E-state index in [1.54, 1.807) is 36.7 Å². The van der Waals surface area contributed by atoms with Crippen LogP contribution in [-0.2, 0) is 24.8 Å². The van der Waals surface area contributed by atoms with Gasteiger partial charge in [0, 0.05) is 25.6 Å². The summed E-state index contributed by atoms with van der Waals surface area (Å²) in [5, 5.41) is 13.6. The highest BCUT2D eigenvalue weighted by molar-refractivity contribution is 5.83. The summed E-state index contributed by atoms with van der Waals surface area (Å²) in [5.41, 5.74) is 3.29. The number of carboxylic acids is 1. The second-order valence-corrected chi connectivity index (χ2v) is 8.18. The number of fused-ring (bicyclic) bond motifs is 2. The zero-order chi connectivity index (χ0) is 23.5. The Morgan fingerprint density at radius 1 is 1.21 bits per heavy atom. The Morgan fingerprint density at radius 2 is 1.94 bits per heavy atom. The zero-order valence-corrected chi connectivity index (χ0v) is 19.1. The number of carbonyl (C=O) groups is 1. The summed E-state index contributed by atoms with van der Waals surface area (Å²) in [6.07, 6.45) is 7.37. The number of aromatic nitrogens is 4. The van der Waals surface area contributed by atoms with Crippen molar-refractivity contribution in [2.45, 2.75) is 45.1 Å². The van der Waals surface area contributed by atoms with Gasteiger partial charge in [-0.2, -0.15) is 5.10 Å². The molecule has 0 aliphatic carbocycles. The van der Waals surface area contributed by atoms with Crippen LogP contribution in [0, 0.1) is 0 Å². The minimum Gasteiger partial charge on any atom is -0.496 e. The van der Waals surface area contributed by atoms with E-state index in [0.717, 1.165) is 36.0 Å². The first kappa shape index (κ1) is 22.6. The van der Waals surface area contributed by atoms with Crippen molar-refractivity contribution in [3.63, 3.8) is 0 Å². The smallest absolute Gasteiger partial charge is 0.303 e. The number of allylic oxidation sites excluding steroid dienone is 1. The molecule has 0 atom stereocenters. The van der Waals surface area contributed by atoms with Crippen molar-refractivity contribution in [1.29, 1.82) is 0 Å². The molecular formula is C24H28N4O5. The molecule has 0 amide bonds. The Morgan fingerprint density at radius 3 is 2.61 bits per heavy atom. The monoisotopic (exact) mass is 452 g/mol. The van der Waals surface area contributed by atoms with E-state index in [4.69, 9.17) is 19.6 Å². The van der Waals surface area contributed by atoms with Crippen molar-refractivity contribution in [2.75, 3.05) is 14.2 Å². The molecule has 4 rings (SSSR count). The number of methoxy groups -OCH3 is 2. The third-order valence-electron chi connectivity index (χ3n) is 6.00. The van der Waals surface area contributed by atoms with Crippen LogP contribution in [-0.4, -0.2) is 44.6 Å². The maximum Gasteiger partial charge on any atom is 0.303 e. The van der Waals surface area contributed by atoms with Crippen LogP contribution in [0.5, 0.6) is 11.5 Å². The van der Waals surface area contributed by atoms with Gasteiger partial charge in [0.05, 0.1) is 20.4 Å². The van der Waals surface area contributed by atoms with Crippen LogP contribution < -0.4 is 15.0 Å². The molecule has 1 aromatic carbocycles. The summed E-state index contributed by atoms with van der Waals surface area (Å²) in [5.74, 6) is 1.26. The van der Waals surface area contributed by atoms with Gasteiger partial charge in [-0.15, -0.1) is 0 Å². The molecule has 0 saturated carbocycles. The van der Waals surface area contributed by atoms with E-state index in [0.29, 0.717) is 47.7 Å². The fraction of sp³-hybridized carbons (Fsp3) is 0.417. The van der Waals surface area contributed by atoms with Gasteiger partial charge in [0.2, 0.25) is 0 Å². The lowest BCUT2D eigenvalue weighted by molar-refractivity contribution is -0.137. The molecule has 1 aliphatic rings. The minimum absolute atomic E-state index is 0.0689. The van der Waals surface area contributed by atoms with Crippen LogP contribution in [0.15, 0.2) is 23.1 Å². The summed E-state index contributed by atoms with van der Waals surface area (Å²) in [6.45, 7) is 0.630. The topological polar surface area (TPSA) is 108 Å². The van der Waals surface area contributed by atoms with Gasteiger partial charge in [-0.3, -0.25) is 18.8 Å². The molecule has 0 fully saturated rings. The van der Waals surface area contributed by atoms with Gasteiger partial charge >= 0.3 is 5.97 Å². The summed E-state index contributed by atoms with van der Waals surface area (Å²) in [6, 6.07) is 3.89. The summed E-state index contributed by atoms with van der Waals surface area (Å²) >= 11 is 0. The molecule has 3 heterocycles. The highest BCUT2D eigenvalue weighted by Crippen LogP contribution is 2.35. The molecule has 0 spiro atoms. The number of aliphatic carboxylic acids is 1. The Bertz CT molecular complexity index is 1260. The molecule has 1 aliphatic heterocycles. The van der Waals surface area contributed by atoms with Gasteiger partial charge < -0.3 is 14.6 Å². The SMILES string of the molecule is COc1cc(/C=C2\CCCn3c2nc2c(cnn2C)c3=O)cc(OC)c1CCCCC(=O)O. The van der Waals surface area contributed by atoms with E-state index in [1.807, 2.05) is 18.2 Å². The molecular weight excluding hydrogens is 424 g/mol. The average Bonchev–Trinajstić information content (AvgIpc) is 3.18. The Balaban J connectivity index is 1.72. The summed E-state index contributed by atoms with van der Waals surface area (Å²) in [4.78, 5) is 28.5. The highest BCUT2D eigenvalue weighted by Gasteiger charge is 2.21. The molecule has 0 radical (unpaired) electrons. The quantitative estimate of drug-likeness (QED) is 0.523.